The lowest BCUT2D eigenvalue weighted by atomic mass is 10.3. The van der Waals surface area contributed by atoms with Gasteiger partial charge in [-0.1, -0.05) is 13.3 Å². The lowest BCUT2D eigenvalue weighted by Crippen LogP contribution is -2.43. The molecule has 0 aliphatic heterocycles. The monoisotopic (exact) mass is 235 g/mol. The summed E-state index contributed by atoms with van der Waals surface area (Å²) >= 11 is 0. The fourth-order valence-corrected chi connectivity index (χ4v) is 2.37. The molecule has 88 valence electrons. The van der Waals surface area contributed by atoms with E-state index in [1.165, 1.54) is 6.92 Å². The van der Waals surface area contributed by atoms with Crippen molar-refractivity contribution in [2.24, 2.45) is 0 Å². The summed E-state index contributed by atoms with van der Waals surface area (Å²) in [5.41, 5.74) is 0. The summed E-state index contributed by atoms with van der Waals surface area (Å²) in [6.07, 6.45) is 1.72. The van der Waals surface area contributed by atoms with Crippen LogP contribution in [0.15, 0.2) is 0 Å². The minimum atomic E-state index is -1.18. The van der Waals surface area contributed by atoms with Crippen LogP contribution in [0.3, 0.4) is 0 Å². The van der Waals surface area contributed by atoms with Crippen molar-refractivity contribution >= 4 is 22.7 Å². The molecule has 0 aromatic rings. The van der Waals surface area contributed by atoms with Gasteiger partial charge < -0.3 is 10.4 Å². The lowest BCUT2D eigenvalue weighted by molar-refractivity contribution is -0.140. The van der Waals surface area contributed by atoms with Gasteiger partial charge in [-0.15, -0.1) is 0 Å². The van der Waals surface area contributed by atoms with Gasteiger partial charge >= 0.3 is 5.97 Å². The summed E-state index contributed by atoms with van der Waals surface area (Å²) < 4.78 is 11.4. The second-order valence-corrected chi connectivity index (χ2v) is 4.88. The Hall–Kier alpha value is -0.910. The molecular formula is C9H17NO4S. The van der Waals surface area contributed by atoms with E-state index in [4.69, 9.17) is 5.11 Å². The van der Waals surface area contributed by atoms with Crippen LogP contribution in [0.4, 0.5) is 0 Å². The van der Waals surface area contributed by atoms with Gasteiger partial charge in [-0.2, -0.15) is 0 Å². The van der Waals surface area contributed by atoms with Gasteiger partial charge in [0.05, 0.1) is 5.75 Å². The number of aliphatic carboxylic acids is 1. The second-order valence-electron chi connectivity index (χ2n) is 3.26. The first-order valence-electron chi connectivity index (χ1n) is 4.82. The summed E-state index contributed by atoms with van der Waals surface area (Å²) in [5.74, 6) is -1.10. The van der Waals surface area contributed by atoms with Crippen molar-refractivity contribution in [2.45, 2.75) is 32.7 Å². The highest BCUT2D eigenvalue weighted by molar-refractivity contribution is 7.85. The molecule has 0 aliphatic rings. The van der Waals surface area contributed by atoms with Crippen molar-refractivity contribution in [3.8, 4) is 0 Å². The van der Waals surface area contributed by atoms with Crippen LogP contribution in [0, 0.1) is 0 Å². The molecule has 0 heterocycles. The van der Waals surface area contributed by atoms with Gasteiger partial charge in [-0.3, -0.25) is 9.00 Å². The summed E-state index contributed by atoms with van der Waals surface area (Å²) in [6, 6.07) is -1.04. The zero-order chi connectivity index (χ0) is 11.8. The minimum Gasteiger partial charge on any atom is -0.480 e. The quantitative estimate of drug-likeness (QED) is 0.656. The third kappa shape index (κ3) is 7.07. The molecule has 0 saturated heterocycles. The van der Waals surface area contributed by atoms with Gasteiger partial charge in [0.1, 0.15) is 6.04 Å². The maximum atomic E-state index is 11.4. The van der Waals surface area contributed by atoms with Crippen molar-refractivity contribution < 1.29 is 18.9 Å². The first kappa shape index (κ1) is 14.1. The highest BCUT2D eigenvalue weighted by atomic mass is 32.2. The Bertz CT molecular complexity index is 254. The summed E-state index contributed by atoms with van der Waals surface area (Å²) in [7, 11) is -1.18. The fraction of sp³-hybridized carbons (Fsp3) is 0.778. The van der Waals surface area contributed by atoms with Gasteiger partial charge in [0.25, 0.3) is 0 Å². The molecule has 0 aromatic heterocycles. The van der Waals surface area contributed by atoms with Crippen LogP contribution < -0.4 is 5.32 Å². The van der Waals surface area contributed by atoms with Crippen LogP contribution in [0.2, 0.25) is 0 Å². The predicted octanol–water partition coefficient (Wildman–Crippen LogP) is 0.124. The fourth-order valence-electron chi connectivity index (χ4n) is 0.995. The molecular weight excluding hydrogens is 218 g/mol. The third-order valence-electron chi connectivity index (χ3n) is 1.75. The van der Waals surface area contributed by atoms with E-state index in [1.807, 2.05) is 6.92 Å². The number of nitrogens with one attached hydrogen (secondary N) is 1. The number of carbonyl (C=O) groups excluding carboxylic acids is 1. The number of amides is 1. The van der Waals surface area contributed by atoms with Crippen LogP contribution in [0.25, 0.3) is 0 Å². The molecule has 0 rings (SSSR count). The molecule has 2 atom stereocenters. The Morgan fingerprint density at radius 2 is 2.07 bits per heavy atom. The highest BCUT2D eigenvalue weighted by Gasteiger charge is 2.20. The zero-order valence-electron chi connectivity index (χ0n) is 8.99. The Labute approximate surface area is 91.7 Å². The van der Waals surface area contributed by atoms with Crippen LogP contribution in [-0.4, -0.2) is 38.7 Å². The van der Waals surface area contributed by atoms with E-state index >= 15 is 0 Å². The van der Waals surface area contributed by atoms with Crippen LogP contribution in [-0.2, 0) is 20.4 Å². The van der Waals surface area contributed by atoms with E-state index in [0.29, 0.717) is 5.75 Å². The maximum absolute atomic E-state index is 11.4. The van der Waals surface area contributed by atoms with E-state index in [0.717, 1.165) is 12.8 Å². The molecule has 0 radical (unpaired) electrons. The Balaban J connectivity index is 4.10. The van der Waals surface area contributed by atoms with Crippen LogP contribution in [0.1, 0.15) is 26.7 Å². The summed E-state index contributed by atoms with van der Waals surface area (Å²) in [6.45, 7) is 3.21. The van der Waals surface area contributed by atoms with Crippen molar-refractivity contribution in [1.82, 2.24) is 5.32 Å². The largest absolute Gasteiger partial charge is 0.480 e. The number of carboxylic acid groups (broad SMARTS) is 1. The van der Waals surface area contributed by atoms with Gasteiger partial charge in [0, 0.05) is 23.5 Å². The molecule has 0 saturated carbocycles. The number of unbranched alkanes of at least 4 members (excludes halogenated alkanes) is 1. The molecule has 0 fully saturated rings. The standard InChI is InChI=1S/C9H17NO4S/c1-3-4-5-15(14)6-8(9(12)13)10-7(2)11/h8H,3-6H2,1-2H3,(H,10,11)(H,12,13)/t8-,15?/m0/s1. The van der Waals surface area contributed by atoms with E-state index in [-0.39, 0.29) is 5.75 Å². The van der Waals surface area contributed by atoms with Gasteiger partial charge in [-0.05, 0) is 6.42 Å². The molecule has 0 spiro atoms. The van der Waals surface area contributed by atoms with E-state index in [9.17, 15) is 13.8 Å². The SMILES string of the molecule is CCCCS(=O)C[C@H](NC(C)=O)C(=O)O. The van der Waals surface area contributed by atoms with Crippen molar-refractivity contribution in [1.29, 1.82) is 0 Å². The number of hydrogen-bond acceptors (Lipinski definition) is 3. The van der Waals surface area contributed by atoms with Gasteiger partial charge in [0.2, 0.25) is 5.91 Å². The summed E-state index contributed by atoms with van der Waals surface area (Å²) in [4.78, 5) is 21.4. The molecule has 0 aliphatic carbocycles. The average molecular weight is 235 g/mol. The predicted molar refractivity (Wildman–Crippen MR) is 58.0 cm³/mol. The molecule has 15 heavy (non-hydrogen) atoms. The Morgan fingerprint density at radius 1 is 1.47 bits per heavy atom. The van der Waals surface area contributed by atoms with Gasteiger partial charge in [-0.25, -0.2) is 4.79 Å². The first-order chi connectivity index (χ1) is 6.97. The van der Waals surface area contributed by atoms with Crippen molar-refractivity contribution in [2.75, 3.05) is 11.5 Å². The second kappa shape index (κ2) is 7.39. The number of rotatable bonds is 7. The smallest absolute Gasteiger partial charge is 0.327 e. The van der Waals surface area contributed by atoms with Crippen LogP contribution >= 0.6 is 0 Å². The van der Waals surface area contributed by atoms with Crippen molar-refractivity contribution in [3.63, 3.8) is 0 Å². The van der Waals surface area contributed by atoms with E-state index in [1.54, 1.807) is 0 Å². The highest BCUT2D eigenvalue weighted by Crippen LogP contribution is 1.96. The first-order valence-corrected chi connectivity index (χ1v) is 6.31. The molecule has 1 unspecified atom stereocenters. The minimum absolute atomic E-state index is 0.0189. The maximum Gasteiger partial charge on any atom is 0.327 e. The molecule has 5 nitrogen and oxygen atoms in total. The lowest BCUT2D eigenvalue weighted by Gasteiger charge is -2.12. The molecule has 0 aromatic carbocycles. The normalized spacial score (nSPS) is 14.3. The van der Waals surface area contributed by atoms with Crippen molar-refractivity contribution in [3.05, 3.63) is 0 Å². The van der Waals surface area contributed by atoms with E-state index < -0.39 is 28.7 Å². The molecule has 0 bridgehead atoms. The number of hydrogen-bond donors (Lipinski definition) is 2. The Morgan fingerprint density at radius 3 is 2.47 bits per heavy atom. The average Bonchev–Trinajstić information content (AvgIpc) is 2.12. The molecule has 2 N–H and O–H groups in total. The topological polar surface area (TPSA) is 83.5 Å². The Kier molecular flexibility index (Phi) is 6.94. The molecule has 6 heteroatoms. The number of carbonyl (C=O) groups is 2. The molecule has 1 amide bonds. The number of carboxylic acids is 1. The van der Waals surface area contributed by atoms with Crippen LogP contribution in [0.5, 0.6) is 0 Å². The summed E-state index contributed by atoms with van der Waals surface area (Å²) in [5, 5.41) is 11.0. The van der Waals surface area contributed by atoms with E-state index in [2.05, 4.69) is 5.32 Å². The van der Waals surface area contributed by atoms with Gasteiger partial charge in [0.15, 0.2) is 0 Å². The zero-order valence-corrected chi connectivity index (χ0v) is 9.80. The third-order valence-corrected chi connectivity index (χ3v) is 3.20.